The molecule has 0 radical (unpaired) electrons. The summed E-state index contributed by atoms with van der Waals surface area (Å²) in [5.74, 6) is 2.38. The Morgan fingerprint density at radius 2 is 2.16 bits per heavy atom. The minimum absolute atomic E-state index is 0.230. The molecule has 0 spiro atoms. The molecule has 2 aliphatic rings. The van der Waals surface area contributed by atoms with Crippen molar-refractivity contribution in [2.45, 2.75) is 40.5 Å². The number of rotatable bonds is 3. The largest absolute Gasteiger partial charge is 0.460 e. The van der Waals surface area contributed by atoms with E-state index in [1.165, 1.54) is 18.5 Å². The van der Waals surface area contributed by atoms with E-state index in [2.05, 4.69) is 37.4 Å². The lowest BCUT2D eigenvalue weighted by molar-refractivity contribution is 0.164. The maximum absolute atomic E-state index is 5.47. The van der Waals surface area contributed by atoms with Gasteiger partial charge in [0.25, 0.3) is 0 Å². The number of aryl methyl sites for hydroxylation is 1. The average molecular weight is 258 g/mol. The fourth-order valence-corrected chi connectivity index (χ4v) is 3.54. The molecule has 2 atom stereocenters. The maximum Gasteiger partial charge on any atom is 0.147 e. The van der Waals surface area contributed by atoms with Gasteiger partial charge >= 0.3 is 0 Å². The second-order valence-corrected chi connectivity index (χ2v) is 6.60. The van der Waals surface area contributed by atoms with Crippen LogP contribution in [0.2, 0.25) is 0 Å². The van der Waals surface area contributed by atoms with E-state index in [-0.39, 0.29) is 5.41 Å². The standard InChI is InChI=1S/C16H22N2O/c1-11-5-6-13(19-11)10-17-18-14-9-12-7-8-16(14,4)15(12,2)3/h5-6,9-10,12,18H,7-8H2,1-4H3/b17-10-/t12-,16-/m1/s1. The van der Waals surface area contributed by atoms with Crippen LogP contribution in [0.4, 0.5) is 0 Å². The van der Waals surface area contributed by atoms with E-state index in [1.807, 2.05) is 19.1 Å². The molecule has 3 heteroatoms. The van der Waals surface area contributed by atoms with Crippen molar-refractivity contribution in [3.63, 3.8) is 0 Å². The molecular weight excluding hydrogens is 236 g/mol. The summed E-state index contributed by atoms with van der Waals surface area (Å²) in [6.07, 6.45) is 6.67. The lowest BCUT2D eigenvalue weighted by Gasteiger charge is -2.36. The van der Waals surface area contributed by atoms with Crippen molar-refractivity contribution in [1.82, 2.24) is 5.43 Å². The van der Waals surface area contributed by atoms with Gasteiger partial charge in [-0.1, -0.05) is 26.8 Å². The van der Waals surface area contributed by atoms with Crippen molar-refractivity contribution in [3.05, 3.63) is 35.4 Å². The van der Waals surface area contributed by atoms with E-state index in [1.54, 1.807) is 6.21 Å². The van der Waals surface area contributed by atoms with Gasteiger partial charge in [0, 0.05) is 11.1 Å². The fourth-order valence-electron chi connectivity index (χ4n) is 3.54. The zero-order valence-corrected chi connectivity index (χ0v) is 12.2. The lowest BCUT2D eigenvalue weighted by Crippen LogP contribution is -2.33. The van der Waals surface area contributed by atoms with Crippen LogP contribution in [0.15, 0.2) is 33.4 Å². The number of nitrogens with zero attached hydrogens (tertiary/aromatic N) is 1. The molecule has 0 aliphatic heterocycles. The van der Waals surface area contributed by atoms with Crippen molar-refractivity contribution in [2.24, 2.45) is 21.8 Å². The summed E-state index contributed by atoms with van der Waals surface area (Å²) in [6.45, 7) is 9.03. The van der Waals surface area contributed by atoms with E-state index < -0.39 is 0 Å². The van der Waals surface area contributed by atoms with Gasteiger partial charge in [-0.25, -0.2) is 0 Å². The van der Waals surface area contributed by atoms with Gasteiger partial charge in [-0.3, -0.25) is 5.43 Å². The maximum atomic E-state index is 5.47. The van der Waals surface area contributed by atoms with Gasteiger partial charge in [0.2, 0.25) is 0 Å². The SMILES string of the molecule is Cc1ccc(/C=N\NC2=C[C@H]3CC[C@@]2(C)C3(C)C)o1. The highest BCUT2D eigenvalue weighted by atomic mass is 16.3. The Hall–Kier alpha value is -1.51. The van der Waals surface area contributed by atoms with Crippen LogP contribution in [0.5, 0.6) is 0 Å². The Kier molecular flexibility index (Phi) is 2.63. The van der Waals surface area contributed by atoms with Crippen LogP contribution in [-0.2, 0) is 0 Å². The molecule has 1 fully saturated rings. The highest BCUT2D eigenvalue weighted by Gasteiger charge is 2.57. The van der Waals surface area contributed by atoms with Gasteiger partial charge in [-0.2, -0.15) is 5.10 Å². The summed E-state index contributed by atoms with van der Waals surface area (Å²) in [6, 6.07) is 3.88. The number of allylic oxidation sites excluding steroid dienone is 2. The molecule has 1 heterocycles. The van der Waals surface area contributed by atoms with Gasteiger partial charge in [-0.15, -0.1) is 0 Å². The van der Waals surface area contributed by atoms with E-state index >= 15 is 0 Å². The number of hydrogen-bond acceptors (Lipinski definition) is 3. The predicted octanol–water partition coefficient (Wildman–Crippen LogP) is 3.85. The minimum atomic E-state index is 0.230. The van der Waals surface area contributed by atoms with Crippen molar-refractivity contribution < 1.29 is 4.42 Å². The molecule has 1 aromatic heterocycles. The zero-order chi connectivity index (χ0) is 13.7. The molecule has 0 aromatic carbocycles. The summed E-state index contributed by atoms with van der Waals surface area (Å²) in [7, 11) is 0. The van der Waals surface area contributed by atoms with Gasteiger partial charge in [0.05, 0.1) is 6.21 Å². The molecule has 19 heavy (non-hydrogen) atoms. The van der Waals surface area contributed by atoms with Crippen molar-refractivity contribution in [3.8, 4) is 0 Å². The van der Waals surface area contributed by atoms with Crippen LogP contribution in [0.3, 0.4) is 0 Å². The number of nitrogens with one attached hydrogen (secondary N) is 1. The van der Waals surface area contributed by atoms with Gasteiger partial charge in [0.15, 0.2) is 0 Å². The van der Waals surface area contributed by atoms with Gasteiger partial charge < -0.3 is 4.42 Å². The first-order chi connectivity index (χ1) is 8.93. The molecule has 0 amide bonds. The van der Waals surface area contributed by atoms with Crippen molar-refractivity contribution in [1.29, 1.82) is 0 Å². The Morgan fingerprint density at radius 3 is 2.68 bits per heavy atom. The molecule has 1 aromatic rings. The smallest absolute Gasteiger partial charge is 0.147 e. The first-order valence-electron chi connectivity index (χ1n) is 7.01. The normalized spacial score (nSPS) is 32.0. The minimum Gasteiger partial charge on any atom is -0.460 e. The Labute approximate surface area is 114 Å². The highest BCUT2D eigenvalue weighted by Crippen LogP contribution is 2.64. The third kappa shape index (κ3) is 1.75. The second-order valence-electron chi connectivity index (χ2n) is 6.60. The molecule has 102 valence electrons. The molecule has 2 aliphatic carbocycles. The number of fused-ring (bicyclic) bond motifs is 2. The Balaban J connectivity index is 1.72. The molecule has 0 unspecified atom stereocenters. The summed E-state index contributed by atoms with van der Waals surface area (Å²) >= 11 is 0. The van der Waals surface area contributed by atoms with Gasteiger partial charge in [-0.05, 0) is 43.2 Å². The third-order valence-corrected chi connectivity index (χ3v) is 5.40. The lowest BCUT2D eigenvalue weighted by atomic mass is 9.69. The second kappa shape index (κ2) is 3.99. The van der Waals surface area contributed by atoms with Crippen LogP contribution < -0.4 is 5.43 Å². The zero-order valence-electron chi connectivity index (χ0n) is 12.2. The summed E-state index contributed by atoms with van der Waals surface area (Å²) < 4.78 is 5.47. The van der Waals surface area contributed by atoms with E-state index in [0.29, 0.717) is 11.3 Å². The van der Waals surface area contributed by atoms with Crippen molar-refractivity contribution >= 4 is 6.21 Å². The quantitative estimate of drug-likeness (QED) is 0.660. The molecular formula is C16H22N2O. The molecule has 0 saturated heterocycles. The topological polar surface area (TPSA) is 37.5 Å². The number of furan rings is 1. The monoisotopic (exact) mass is 258 g/mol. The first-order valence-corrected chi connectivity index (χ1v) is 7.01. The molecule has 1 saturated carbocycles. The summed E-state index contributed by atoms with van der Waals surface area (Å²) in [5, 5.41) is 4.33. The number of hydrogen-bond donors (Lipinski definition) is 1. The van der Waals surface area contributed by atoms with Crippen LogP contribution in [0.1, 0.15) is 45.1 Å². The Morgan fingerprint density at radius 1 is 1.37 bits per heavy atom. The predicted molar refractivity (Wildman–Crippen MR) is 76.9 cm³/mol. The van der Waals surface area contributed by atoms with Crippen LogP contribution in [-0.4, -0.2) is 6.21 Å². The average Bonchev–Trinajstić information content (AvgIpc) is 2.90. The van der Waals surface area contributed by atoms with Crippen molar-refractivity contribution in [2.75, 3.05) is 0 Å². The van der Waals surface area contributed by atoms with Crippen LogP contribution in [0.25, 0.3) is 0 Å². The summed E-state index contributed by atoms with van der Waals surface area (Å²) in [4.78, 5) is 0. The number of hydrazone groups is 1. The van der Waals surface area contributed by atoms with Crippen LogP contribution in [0, 0.1) is 23.7 Å². The summed E-state index contributed by atoms with van der Waals surface area (Å²) in [5.41, 5.74) is 5.08. The molecule has 3 rings (SSSR count). The molecule has 2 bridgehead atoms. The van der Waals surface area contributed by atoms with Gasteiger partial charge in [0.1, 0.15) is 11.5 Å². The molecule has 3 nitrogen and oxygen atoms in total. The van der Waals surface area contributed by atoms with E-state index in [9.17, 15) is 0 Å². The van der Waals surface area contributed by atoms with E-state index in [0.717, 1.165) is 11.5 Å². The third-order valence-electron chi connectivity index (χ3n) is 5.40. The molecule has 1 N–H and O–H groups in total. The first kappa shape index (κ1) is 12.5. The van der Waals surface area contributed by atoms with E-state index in [4.69, 9.17) is 4.42 Å². The fraction of sp³-hybridized carbons (Fsp3) is 0.562. The van der Waals surface area contributed by atoms with Crippen LogP contribution >= 0.6 is 0 Å². The highest BCUT2D eigenvalue weighted by molar-refractivity contribution is 5.75. The Bertz CT molecular complexity index is 553.